The Bertz CT molecular complexity index is 575. The first-order valence-electron chi connectivity index (χ1n) is 7.26. The zero-order valence-electron chi connectivity index (χ0n) is 13.8. The number of hydrogen-bond donors (Lipinski definition) is 0. The van der Waals surface area contributed by atoms with E-state index < -0.39 is 12.0 Å². The molecule has 0 aliphatic carbocycles. The average molecular weight is 323 g/mol. The van der Waals surface area contributed by atoms with Crippen LogP contribution in [0.2, 0.25) is 0 Å². The SMILES string of the molecule is COC(=O)C1CCCN1C(=O)c1cc(OC)c(OC)c(OC)c1. The van der Waals surface area contributed by atoms with Crippen LogP contribution in [0, 0.1) is 0 Å². The quantitative estimate of drug-likeness (QED) is 0.764. The standard InChI is InChI=1S/C16H21NO6/c1-20-12-8-10(9-13(21-2)14(12)22-3)15(18)17-7-5-6-11(17)16(19)23-4/h8-9,11H,5-7H2,1-4H3. The van der Waals surface area contributed by atoms with Gasteiger partial charge in [0.1, 0.15) is 6.04 Å². The predicted molar refractivity (Wildman–Crippen MR) is 82.2 cm³/mol. The van der Waals surface area contributed by atoms with E-state index in [0.717, 1.165) is 6.42 Å². The lowest BCUT2D eigenvalue weighted by atomic mass is 10.1. The zero-order chi connectivity index (χ0) is 17.0. The highest BCUT2D eigenvalue weighted by Gasteiger charge is 2.35. The molecule has 0 aromatic heterocycles. The molecule has 1 atom stereocenters. The summed E-state index contributed by atoms with van der Waals surface area (Å²) in [4.78, 5) is 26.1. The number of carbonyl (C=O) groups excluding carboxylic acids is 2. The van der Waals surface area contributed by atoms with Gasteiger partial charge in [-0.3, -0.25) is 4.79 Å². The minimum absolute atomic E-state index is 0.267. The van der Waals surface area contributed by atoms with E-state index in [4.69, 9.17) is 18.9 Å². The number of rotatable bonds is 5. The van der Waals surface area contributed by atoms with Gasteiger partial charge in [0.2, 0.25) is 5.75 Å². The summed E-state index contributed by atoms with van der Waals surface area (Å²) in [5, 5.41) is 0. The van der Waals surface area contributed by atoms with Gasteiger partial charge in [-0.05, 0) is 25.0 Å². The van der Waals surface area contributed by atoms with Crippen LogP contribution in [0.3, 0.4) is 0 Å². The molecule has 1 saturated heterocycles. The number of likely N-dealkylation sites (tertiary alicyclic amines) is 1. The van der Waals surface area contributed by atoms with Crippen molar-refractivity contribution in [2.24, 2.45) is 0 Å². The van der Waals surface area contributed by atoms with E-state index in [1.807, 2.05) is 0 Å². The maximum Gasteiger partial charge on any atom is 0.328 e. The Kier molecular flexibility index (Phi) is 5.31. The molecule has 126 valence electrons. The third kappa shape index (κ3) is 3.18. The van der Waals surface area contributed by atoms with Crippen LogP contribution in [0.15, 0.2) is 12.1 Å². The molecular formula is C16H21NO6. The first-order valence-corrected chi connectivity index (χ1v) is 7.26. The highest BCUT2D eigenvalue weighted by atomic mass is 16.5. The van der Waals surface area contributed by atoms with E-state index in [1.165, 1.54) is 33.3 Å². The first kappa shape index (κ1) is 16.9. The molecule has 1 unspecified atom stereocenters. The van der Waals surface area contributed by atoms with E-state index in [9.17, 15) is 9.59 Å². The van der Waals surface area contributed by atoms with Crippen molar-refractivity contribution in [1.29, 1.82) is 0 Å². The number of esters is 1. The highest BCUT2D eigenvalue weighted by molar-refractivity contribution is 5.98. The van der Waals surface area contributed by atoms with Gasteiger partial charge in [0.05, 0.1) is 28.4 Å². The maximum atomic E-state index is 12.8. The molecule has 1 fully saturated rings. The largest absolute Gasteiger partial charge is 0.493 e. The van der Waals surface area contributed by atoms with Crippen LogP contribution in [-0.2, 0) is 9.53 Å². The molecule has 23 heavy (non-hydrogen) atoms. The molecule has 1 aromatic rings. The van der Waals surface area contributed by atoms with Crippen LogP contribution in [0.1, 0.15) is 23.2 Å². The Labute approximate surface area is 135 Å². The van der Waals surface area contributed by atoms with Crippen LogP contribution in [-0.4, -0.2) is 57.8 Å². The van der Waals surface area contributed by atoms with Crippen molar-refractivity contribution in [2.45, 2.75) is 18.9 Å². The molecule has 7 heteroatoms. The average Bonchev–Trinajstić information content (AvgIpc) is 3.08. The van der Waals surface area contributed by atoms with Crippen LogP contribution >= 0.6 is 0 Å². The lowest BCUT2D eigenvalue weighted by molar-refractivity contribution is -0.145. The Morgan fingerprint density at radius 2 is 1.65 bits per heavy atom. The van der Waals surface area contributed by atoms with Crippen molar-refractivity contribution >= 4 is 11.9 Å². The van der Waals surface area contributed by atoms with Crippen molar-refractivity contribution < 1.29 is 28.5 Å². The summed E-state index contributed by atoms with van der Waals surface area (Å²) >= 11 is 0. The van der Waals surface area contributed by atoms with Crippen LogP contribution in [0.5, 0.6) is 17.2 Å². The van der Waals surface area contributed by atoms with E-state index in [2.05, 4.69) is 0 Å². The van der Waals surface area contributed by atoms with E-state index in [1.54, 1.807) is 12.1 Å². The second-order valence-electron chi connectivity index (χ2n) is 5.09. The smallest absolute Gasteiger partial charge is 0.328 e. The monoisotopic (exact) mass is 323 g/mol. The summed E-state index contributed by atoms with van der Waals surface area (Å²) in [6, 6.07) is 2.61. The number of amides is 1. The van der Waals surface area contributed by atoms with Gasteiger partial charge in [-0.25, -0.2) is 4.79 Å². The molecule has 1 heterocycles. The fraction of sp³-hybridized carbons (Fsp3) is 0.500. The van der Waals surface area contributed by atoms with Gasteiger partial charge in [-0.15, -0.1) is 0 Å². The minimum atomic E-state index is -0.549. The Morgan fingerprint density at radius 1 is 1.04 bits per heavy atom. The molecule has 0 N–H and O–H groups in total. The number of benzene rings is 1. The second-order valence-corrected chi connectivity index (χ2v) is 5.09. The third-order valence-electron chi connectivity index (χ3n) is 3.90. The molecular weight excluding hydrogens is 302 g/mol. The van der Waals surface area contributed by atoms with Crippen molar-refractivity contribution in [1.82, 2.24) is 4.90 Å². The Balaban J connectivity index is 2.37. The molecule has 0 spiro atoms. The molecule has 2 rings (SSSR count). The maximum absolute atomic E-state index is 12.8. The highest BCUT2D eigenvalue weighted by Crippen LogP contribution is 2.38. The molecule has 0 saturated carbocycles. The third-order valence-corrected chi connectivity index (χ3v) is 3.90. The molecule has 1 aliphatic heterocycles. The van der Waals surface area contributed by atoms with E-state index in [0.29, 0.717) is 35.8 Å². The lowest BCUT2D eigenvalue weighted by Gasteiger charge is -2.23. The summed E-state index contributed by atoms with van der Waals surface area (Å²) in [5.41, 5.74) is 0.371. The minimum Gasteiger partial charge on any atom is -0.493 e. The van der Waals surface area contributed by atoms with Crippen molar-refractivity contribution in [3.63, 3.8) is 0 Å². The van der Waals surface area contributed by atoms with Gasteiger partial charge in [-0.2, -0.15) is 0 Å². The van der Waals surface area contributed by atoms with E-state index in [-0.39, 0.29) is 5.91 Å². The fourth-order valence-corrected chi connectivity index (χ4v) is 2.76. The fourth-order valence-electron chi connectivity index (χ4n) is 2.76. The van der Waals surface area contributed by atoms with E-state index >= 15 is 0 Å². The molecule has 7 nitrogen and oxygen atoms in total. The van der Waals surface area contributed by atoms with Crippen LogP contribution in [0.25, 0.3) is 0 Å². The summed E-state index contributed by atoms with van der Waals surface area (Å²) < 4.78 is 20.5. The Morgan fingerprint density at radius 3 is 2.13 bits per heavy atom. The Hall–Kier alpha value is -2.44. The molecule has 1 aliphatic rings. The van der Waals surface area contributed by atoms with Gasteiger partial charge in [0, 0.05) is 12.1 Å². The van der Waals surface area contributed by atoms with Crippen molar-refractivity contribution in [3.05, 3.63) is 17.7 Å². The number of ether oxygens (including phenoxy) is 4. The molecule has 1 amide bonds. The second kappa shape index (κ2) is 7.21. The summed E-state index contributed by atoms with van der Waals surface area (Å²) in [6.45, 7) is 0.509. The number of nitrogens with zero attached hydrogens (tertiary/aromatic N) is 1. The predicted octanol–water partition coefficient (Wildman–Crippen LogP) is 1.49. The van der Waals surface area contributed by atoms with Gasteiger partial charge in [0.15, 0.2) is 11.5 Å². The summed E-state index contributed by atoms with van der Waals surface area (Å²) in [5.74, 6) is 0.533. The van der Waals surface area contributed by atoms with Crippen molar-refractivity contribution in [3.8, 4) is 17.2 Å². The number of carbonyl (C=O) groups is 2. The first-order chi connectivity index (χ1) is 11.1. The topological polar surface area (TPSA) is 74.3 Å². The number of methoxy groups -OCH3 is 4. The summed E-state index contributed by atoms with van der Waals surface area (Å²) in [7, 11) is 5.79. The van der Waals surface area contributed by atoms with Gasteiger partial charge in [-0.1, -0.05) is 0 Å². The molecule has 0 radical (unpaired) electrons. The molecule has 1 aromatic carbocycles. The normalized spacial score (nSPS) is 16.9. The summed E-state index contributed by atoms with van der Waals surface area (Å²) in [6.07, 6.45) is 1.36. The molecule has 0 bridgehead atoms. The number of hydrogen-bond acceptors (Lipinski definition) is 6. The zero-order valence-corrected chi connectivity index (χ0v) is 13.8. The van der Waals surface area contributed by atoms with Gasteiger partial charge in [0.25, 0.3) is 5.91 Å². The van der Waals surface area contributed by atoms with Crippen molar-refractivity contribution in [2.75, 3.05) is 35.0 Å². The van der Waals surface area contributed by atoms with Gasteiger partial charge >= 0.3 is 5.97 Å². The van der Waals surface area contributed by atoms with Gasteiger partial charge < -0.3 is 23.8 Å². The van der Waals surface area contributed by atoms with Crippen LogP contribution in [0.4, 0.5) is 0 Å². The lowest BCUT2D eigenvalue weighted by Crippen LogP contribution is -2.41. The van der Waals surface area contributed by atoms with Crippen LogP contribution < -0.4 is 14.2 Å².